The lowest BCUT2D eigenvalue weighted by Gasteiger charge is -2.15. The number of para-hydroxylation sites is 2. The summed E-state index contributed by atoms with van der Waals surface area (Å²) in [5.41, 5.74) is 0.466. The second-order valence-corrected chi connectivity index (χ2v) is 5.16. The van der Waals surface area contributed by atoms with Crippen molar-refractivity contribution in [1.82, 2.24) is 4.90 Å². The number of nitrogens with one attached hydrogen (secondary N) is 1. The molecular formula is C17H12F2N2O4. The molecule has 128 valence electrons. The third-order valence-corrected chi connectivity index (χ3v) is 3.56. The van der Waals surface area contributed by atoms with Crippen LogP contribution in [0.1, 0.15) is 20.7 Å². The molecule has 2 aromatic rings. The lowest BCUT2D eigenvalue weighted by Crippen LogP contribution is -2.37. The van der Waals surface area contributed by atoms with E-state index in [4.69, 9.17) is 0 Å². The molecule has 1 N–H and O–H groups in total. The van der Waals surface area contributed by atoms with Crippen LogP contribution in [0, 0.1) is 0 Å². The van der Waals surface area contributed by atoms with Crippen molar-refractivity contribution in [2.24, 2.45) is 0 Å². The first-order valence-electron chi connectivity index (χ1n) is 7.26. The number of imide groups is 1. The third kappa shape index (κ3) is 3.32. The molecule has 0 saturated carbocycles. The number of carbonyl (C=O) groups excluding carboxylic acids is 3. The lowest BCUT2D eigenvalue weighted by atomic mass is 10.1. The molecule has 2 aromatic carbocycles. The smallest absolute Gasteiger partial charge is 0.387 e. The Morgan fingerprint density at radius 1 is 1.00 bits per heavy atom. The Bertz CT molecular complexity index is 819. The van der Waals surface area contributed by atoms with Gasteiger partial charge in [0.25, 0.3) is 11.8 Å². The molecule has 0 bridgehead atoms. The molecule has 0 radical (unpaired) electrons. The van der Waals surface area contributed by atoms with Gasteiger partial charge in [0.15, 0.2) is 0 Å². The SMILES string of the molecule is O=C(CN1C(=O)c2ccccc2C1=O)Nc1ccccc1OC(F)F. The van der Waals surface area contributed by atoms with Crippen LogP contribution < -0.4 is 10.1 Å². The van der Waals surface area contributed by atoms with Crippen molar-refractivity contribution < 1.29 is 27.9 Å². The predicted octanol–water partition coefficient (Wildman–Crippen LogP) is 2.52. The number of amides is 3. The zero-order valence-corrected chi connectivity index (χ0v) is 12.7. The average Bonchev–Trinajstić information content (AvgIpc) is 2.82. The highest BCUT2D eigenvalue weighted by Gasteiger charge is 2.36. The summed E-state index contributed by atoms with van der Waals surface area (Å²) in [7, 11) is 0. The second-order valence-electron chi connectivity index (χ2n) is 5.16. The molecule has 1 heterocycles. The van der Waals surface area contributed by atoms with Crippen LogP contribution in [0.5, 0.6) is 5.75 Å². The normalized spacial score (nSPS) is 13.2. The summed E-state index contributed by atoms with van der Waals surface area (Å²) >= 11 is 0. The molecule has 3 rings (SSSR count). The Morgan fingerprint density at radius 2 is 1.56 bits per heavy atom. The van der Waals surface area contributed by atoms with E-state index >= 15 is 0 Å². The summed E-state index contributed by atoms with van der Waals surface area (Å²) in [6.45, 7) is -3.58. The highest BCUT2D eigenvalue weighted by atomic mass is 19.3. The molecule has 0 atom stereocenters. The van der Waals surface area contributed by atoms with Crippen molar-refractivity contribution >= 4 is 23.4 Å². The maximum Gasteiger partial charge on any atom is 0.387 e. The van der Waals surface area contributed by atoms with E-state index in [1.807, 2.05) is 0 Å². The fraction of sp³-hybridized carbons (Fsp3) is 0.118. The minimum atomic E-state index is -3.05. The van der Waals surface area contributed by atoms with Gasteiger partial charge in [0.1, 0.15) is 12.3 Å². The minimum Gasteiger partial charge on any atom is -0.433 e. The number of ether oxygens (including phenoxy) is 1. The molecular weight excluding hydrogens is 334 g/mol. The highest BCUT2D eigenvalue weighted by molar-refractivity contribution is 6.22. The first-order chi connectivity index (χ1) is 12.0. The van der Waals surface area contributed by atoms with Gasteiger partial charge in [0.05, 0.1) is 16.8 Å². The molecule has 0 unspecified atom stereocenters. The Labute approximate surface area is 141 Å². The maximum atomic E-state index is 12.4. The summed E-state index contributed by atoms with van der Waals surface area (Å²) in [6, 6.07) is 11.9. The predicted molar refractivity (Wildman–Crippen MR) is 83.5 cm³/mol. The van der Waals surface area contributed by atoms with Gasteiger partial charge in [-0.2, -0.15) is 8.78 Å². The van der Waals surface area contributed by atoms with E-state index in [0.717, 1.165) is 4.90 Å². The molecule has 0 saturated heterocycles. The van der Waals surface area contributed by atoms with Crippen LogP contribution in [0.15, 0.2) is 48.5 Å². The fourth-order valence-electron chi connectivity index (χ4n) is 2.48. The van der Waals surface area contributed by atoms with Crippen LogP contribution in [-0.4, -0.2) is 35.8 Å². The number of benzene rings is 2. The number of alkyl halides is 2. The van der Waals surface area contributed by atoms with E-state index in [9.17, 15) is 23.2 Å². The van der Waals surface area contributed by atoms with Crippen LogP contribution in [0.3, 0.4) is 0 Å². The van der Waals surface area contributed by atoms with Crippen LogP contribution in [-0.2, 0) is 4.79 Å². The molecule has 3 amide bonds. The molecule has 0 fully saturated rings. The highest BCUT2D eigenvalue weighted by Crippen LogP contribution is 2.26. The van der Waals surface area contributed by atoms with E-state index in [2.05, 4.69) is 10.1 Å². The van der Waals surface area contributed by atoms with Gasteiger partial charge in [-0.15, -0.1) is 0 Å². The standard InChI is InChI=1S/C17H12F2N2O4/c18-17(19)25-13-8-4-3-7-12(13)20-14(22)9-21-15(23)10-5-1-2-6-11(10)16(21)24/h1-8,17H,9H2,(H,20,22). The van der Waals surface area contributed by atoms with Crippen molar-refractivity contribution in [3.05, 3.63) is 59.7 Å². The molecule has 0 aromatic heterocycles. The number of carbonyl (C=O) groups is 3. The number of hydrogen-bond acceptors (Lipinski definition) is 4. The molecule has 6 nitrogen and oxygen atoms in total. The summed E-state index contributed by atoms with van der Waals surface area (Å²) in [5.74, 6) is -2.08. The largest absolute Gasteiger partial charge is 0.433 e. The number of fused-ring (bicyclic) bond motifs is 1. The van der Waals surface area contributed by atoms with E-state index in [0.29, 0.717) is 0 Å². The van der Waals surface area contributed by atoms with Crippen molar-refractivity contribution in [2.45, 2.75) is 6.61 Å². The molecule has 0 spiro atoms. The quantitative estimate of drug-likeness (QED) is 0.844. The first-order valence-corrected chi connectivity index (χ1v) is 7.26. The van der Waals surface area contributed by atoms with Gasteiger partial charge in [0.2, 0.25) is 5.91 Å². The first kappa shape index (κ1) is 16.6. The summed E-state index contributed by atoms with van der Waals surface area (Å²) < 4.78 is 29.1. The van der Waals surface area contributed by atoms with Crippen LogP contribution in [0.2, 0.25) is 0 Å². The van der Waals surface area contributed by atoms with Crippen LogP contribution in [0.25, 0.3) is 0 Å². The number of halogens is 2. The minimum absolute atomic E-state index is 0.0180. The van der Waals surface area contributed by atoms with Gasteiger partial charge < -0.3 is 10.1 Å². The molecule has 0 aliphatic carbocycles. The van der Waals surface area contributed by atoms with E-state index in [1.54, 1.807) is 12.1 Å². The maximum absolute atomic E-state index is 12.4. The fourth-order valence-corrected chi connectivity index (χ4v) is 2.48. The number of hydrogen-bond donors (Lipinski definition) is 1. The van der Waals surface area contributed by atoms with Gasteiger partial charge in [0, 0.05) is 0 Å². The van der Waals surface area contributed by atoms with Crippen molar-refractivity contribution in [1.29, 1.82) is 0 Å². The van der Waals surface area contributed by atoms with Gasteiger partial charge >= 0.3 is 6.61 Å². The Morgan fingerprint density at radius 3 is 2.16 bits per heavy atom. The van der Waals surface area contributed by atoms with Crippen molar-refractivity contribution in [3.63, 3.8) is 0 Å². The summed E-state index contributed by atoms with van der Waals surface area (Å²) in [6.07, 6.45) is 0. The van der Waals surface area contributed by atoms with Crippen LogP contribution >= 0.6 is 0 Å². The Balaban J connectivity index is 1.73. The Kier molecular flexibility index (Phi) is 4.42. The Hall–Kier alpha value is -3.29. The number of nitrogens with zero attached hydrogens (tertiary/aromatic N) is 1. The lowest BCUT2D eigenvalue weighted by molar-refractivity contribution is -0.116. The zero-order valence-electron chi connectivity index (χ0n) is 12.7. The van der Waals surface area contributed by atoms with Gasteiger partial charge in [-0.25, -0.2) is 0 Å². The van der Waals surface area contributed by atoms with Crippen molar-refractivity contribution in [2.75, 3.05) is 11.9 Å². The second kappa shape index (κ2) is 6.68. The number of anilines is 1. The van der Waals surface area contributed by atoms with Crippen LogP contribution in [0.4, 0.5) is 14.5 Å². The monoisotopic (exact) mass is 346 g/mol. The van der Waals surface area contributed by atoms with Gasteiger partial charge in [-0.1, -0.05) is 24.3 Å². The average molecular weight is 346 g/mol. The summed E-state index contributed by atoms with van der Waals surface area (Å²) in [4.78, 5) is 37.4. The molecule has 1 aliphatic rings. The van der Waals surface area contributed by atoms with E-state index in [1.165, 1.54) is 36.4 Å². The van der Waals surface area contributed by atoms with Gasteiger partial charge in [-0.05, 0) is 24.3 Å². The topological polar surface area (TPSA) is 75.7 Å². The molecule has 8 heteroatoms. The molecule has 25 heavy (non-hydrogen) atoms. The number of rotatable bonds is 5. The zero-order chi connectivity index (χ0) is 18.0. The third-order valence-electron chi connectivity index (χ3n) is 3.56. The van der Waals surface area contributed by atoms with Gasteiger partial charge in [-0.3, -0.25) is 19.3 Å². The molecule has 1 aliphatic heterocycles. The van der Waals surface area contributed by atoms with E-state index < -0.39 is 30.9 Å². The summed E-state index contributed by atoms with van der Waals surface area (Å²) in [5, 5.41) is 2.37. The van der Waals surface area contributed by atoms with E-state index in [-0.39, 0.29) is 22.6 Å². The van der Waals surface area contributed by atoms with Crippen molar-refractivity contribution in [3.8, 4) is 5.75 Å².